The van der Waals surface area contributed by atoms with Gasteiger partial charge in [-0.3, -0.25) is 0 Å². The Morgan fingerprint density at radius 2 is 1.80 bits per heavy atom. The van der Waals surface area contributed by atoms with Crippen molar-refractivity contribution in [2.45, 2.75) is 27.7 Å². The Kier molecular flexibility index (Phi) is 3.85. The van der Waals surface area contributed by atoms with Gasteiger partial charge >= 0.3 is 0 Å². The topological polar surface area (TPSA) is 26.0 Å². The molecule has 0 spiro atoms. The van der Waals surface area contributed by atoms with Gasteiger partial charge in [-0.2, -0.15) is 0 Å². The second-order valence-electron chi connectivity index (χ2n) is 2.97. The Hall–Kier alpha value is -0.720. The molecule has 0 aromatic carbocycles. The molecule has 10 heavy (non-hydrogen) atoms. The van der Waals surface area contributed by atoms with Crippen molar-refractivity contribution in [3.05, 3.63) is 23.4 Å². The van der Waals surface area contributed by atoms with Crippen molar-refractivity contribution >= 4 is 0 Å². The summed E-state index contributed by atoms with van der Waals surface area (Å²) < 4.78 is 0. The lowest BCUT2D eigenvalue weighted by Crippen LogP contribution is -1.93. The summed E-state index contributed by atoms with van der Waals surface area (Å²) in [6.07, 6.45) is 4.21. The molecule has 0 atom stereocenters. The summed E-state index contributed by atoms with van der Waals surface area (Å²) in [5.74, 6) is 0.606. The lowest BCUT2D eigenvalue weighted by molar-refractivity contribution is 0.830. The second-order valence-corrected chi connectivity index (χ2v) is 2.97. The van der Waals surface area contributed by atoms with E-state index in [-0.39, 0.29) is 0 Å². The van der Waals surface area contributed by atoms with Crippen LogP contribution in [0, 0.1) is 5.92 Å². The highest BCUT2D eigenvalue weighted by atomic mass is 14.5. The minimum Gasteiger partial charge on any atom is -0.402 e. The van der Waals surface area contributed by atoms with Crippen molar-refractivity contribution in [1.82, 2.24) is 0 Å². The first-order valence-corrected chi connectivity index (χ1v) is 3.65. The van der Waals surface area contributed by atoms with E-state index in [1.165, 1.54) is 0 Å². The van der Waals surface area contributed by atoms with Crippen LogP contribution in [0.3, 0.4) is 0 Å². The molecule has 0 heterocycles. The van der Waals surface area contributed by atoms with Gasteiger partial charge in [0.15, 0.2) is 0 Å². The molecule has 0 bridgehead atoms. The minimum atomic E-state index is 0.606. The summed E-state index contributed by atoms with van der Waals surface area (Å²) in [7, 11) is 0. The summed E-state index contributed by atoms with van der Waals surface area (Å²) in [6, 6.07) is 0. The number of rotatable bonds is 2. The molecule has 0 saturated carbocycles. The zero-order valence-corrected chi connectivity index (χ0v) is 7.31. The molecule has 0 rings (SSSR count). The van der Waals surface area contributed by atoms with Crippen molar-refractivity contribution in [3.8, 4) is 0 Å². The average Bonchev–Trinajstić information content (AvgIpc) is 1.82. The monoisotopic (exact) mass is 139 g/mol. The second kappa shape index (κ2) is 4.15. The first-order chi connectivity index (χ1) is 4.54. The van der Waals surface area contributed by atoms with Gasteiger partial charge in [0.1, 0.15) is 0 Å². The van der Waals surface area contributed by atoms with Crippen LogP contribution in [0.2, 0.25) is 0 Å². The molecule has 0 unspecified atom stereocenters. The molecule has 0 aliphatic carbocycles. The normalized spacial score (nSPS) is 14.5. The van der Waals surface area contributed by atoms with E-state index < -0.39 is 0 Å². The van der Waals surface area contributed by atoms with Gasteiger partial charge in [-0.1, -0.05) is 26.0 Å². The maximum Gasteiger partial charge on any atom is 0.00784 e. The molecule has 0 aromatic rings. The Bertz CT molecular complexity index is 148. The highest BCUT2D eigenvalue weighted by Gasteiger charge is 1.86. The van der Waals surface area contributed by atoms with E-state index in [0.29, 0.717) is 5.92 Å². The number of nitrogens with two attached hydrogens (primary N) is 1. The van der Waals surface area contributed by atoms with Crippen LogP contribution in [0.5, 0.6) is 0 Å². The summed E-state index contributed by atoms with van der Waals surface area (Å²) in [6.45, 7) is 8.24. The smallest absolute Gasteiger partial charge is 0.00784 e. The third-order valence-corrected chi connectivity index (χ3v) is 1.35. The fraction of sp³-hybridized carbons (Fsp3) is 0.556. The van der Waals surface area contributed by atoms with Crippen molar-refractivity contribution in [3.63, 3.8) is 0 Å². The van der Waals surface area contributed by atoms with E-state index >= 15 is 0 Å². The predicted molar refractivity (Wildman–Crippen MR) is 46.5 cm³/mol. The zero-order valence-electron chi connectivity index (χ0n) is 7.31. The first-order valence-electron chi connectivity index (χ1n) is 3.65. The van der Waals surface area contributed by atoms with E-state index in [0.717, 1.165) is 11.3 Å². The van der Waals surface area contributed by atoms with Gasteiger partial charge in [0.05, 0.1) is 0 Å². The lowest BCUT2D eigenvalue weighted by atomic mass is 10.1. The van der Waals surface area contributed by atoms with Gasteiger partial charge in [0.25, 0.3) is 0 Å². The summed E-state index contributed by atoms with van der Waals surface area (Å²) in [4.78, 5) is 0. The van der Waals surface area contributed by atoms with Crippen molar-refractivity contribution in [2.75, 3.05) is 0 Å². The van der Waals surface area contributed by atoms with Crippen LogP contribution in [0.1, 0.15) is 27.7 Å². The van der Waals surface area contributed by atoms with Gasteiger partial charge in [-0.05, 0) is 25.3 Å². The van der Waals surface area contributed by atoms with Gasteiger partial charge in [-0.25, -0.2) is 0 Å². The quantitative estimate of drug-likeness (QED) is 0.584. The Balaban J connectivity index is 4.03. The predicted octanol–water partition coefficient (Wildman–Crippen LogP) is 2.45. The minimum absolute atomic E-state index is 0.606. The maximum atomic E-state index is 5.55. The molecular formula is C9H17N. The molecule has 0 saturated heterocycles. The van der Waals surface area contributed by atoms with Crippen molar-refractivity contribution in [1.29, 1.82) is 0 Å². The highest BCUT2D eigenvalue weighted by molar-refractivity contribution is 5.20. The van der Waals surface area contributed by atoms with E-state index in [1.807, 2.05) is 13.8 Å². The Morgan fingerprint density at radius 3 is 2.10 bits per heavy atom. The van der Waals surface area contributed by atoms with Crippen LogP contribution in [-0.4, -0.2) is 0 Å². The standard InChI is InChI=1S/C9H17N/c1-7(2)5-6-8(3)9(4)10/h5-7H,10H2,1-4H3/b6-5-,9-8+. The summed E-state index contributed by atoms with van der Waals surface area (Å²) >= 11 is 0. The fourth-order valence-electron chi connectivity index (χ4n) is 0.468. The van der Waals surface area contributed by atoms with E-state index in [2.05, 4.69) is 26.0 Å². The first kappa shape index (κ1) is 9.28. The molecule has 0 amide bonds. The molecule has 0 aromatic heterocycles. The van der Waals surface area contributed by atoms with Crippen LogP contribution in [0.15, 0.2) is 23.4 Å². The third-order valence-electron chi connectivity index (χ3n) is 1.35. The van der Waals surface area contributed by atoms with Gasteiger partial charge in [0.2, 0.25) is 0 Å². The third kappa shape index (κ3) is 4.19. The molecule has 0 fully saturated rings. The molecule has 0 radical (unpaired) electrons. The Labute approximate surface area is 63.6 Å². The van der Waals surface area contributed by atoms with Crippen LogP contribution < -0.4 is 5.73 Å². The number of hydrogen-bond donors (Lipinski definition) is 1. The van der Waals surface area contributed by atoms with Crippen LogP contribution >= 0.6 is 0 Å². The van der Waals surface area contributed by atoms with E-state index in [4.69, 9.17) is 5.73 Å². The maximum absolute atomic E-state index is 5.55. The molecular weight excluding hydrogens is 122 g/mol. The van der Waals surface area contributed by atoms with Gasteiger partial charge in [0, 0.05) is 5.70 Å². The molecule has 1 nitrogen and oxygen atoms in total. The summed E-state index contributed by atoms with van der Waals surface area (Å²) in [5.41, 5.74) is 7.61. The van der Waals surface area contributed by atoms with Crippen molar-refractivity contribution < 1.29 is 0 Å². The lowest BCUT2D eigenvalue weighted by Gasteiger charge is -1.96. The highest BCUT2D eigenvalue weighted by Crippen LogP contribution is 2.02. The zero-order chi connectivity index (χ0) is 8.15. The van der Waals surface area contributed by atoms with Crippen LogP contribution in [-0.2, 0) is 0 Å². The molecule has 58 valence electrons. The van der Waals surface area contributed by atoms with E-state index in [9.17, 15) is 0 Å². The molecule has 2 N–H and O–H groups in total. The molecule has 1 heteroatoms. The number of hydrogen-bond acceptors (Lipinski definition) is 1. The molecule has 0 aliphatic rings. The van der Waals surface area contributed by atoms with Gasteiger partial charge < -0.3 is 5.73 Å². The fourth-order valence-corrected chi connectivity index (χ4v) is 0.468. The largest absolute Gasteiger partial charge is 0.402 e. The van der Waals surface area contributed by atoms with Crippen LogP contribution in [0.4, 0.5) is 0 Å². The van der Waals surface area contributed by atoms with Gasteiger partial charge in [-0.15, -0.1) is 0 Å². The van der Waals surface area contributed by atoms with Crippen LogP contribution in [0.25, 0.3) is 0 Å². The average molecular weight is 139 g/mol. The molecule has 0 aliphatic heterocycles. The summed E-state index contributed by atoms with van der Waals surface area (Å²) in [5, 5.41) is 0. The Morgan fingerprint density at radius 1 is 1.30 bits per heavy atom. The van der Waals surface area contributed by atoms with E-state index in [1.54, 1.807) is 0 Å². The SMILES string of the molecule is C/C(N)=C(C)\C=C/C(C)C. The number of allylic oxidation sites excluding steroid dienone is 4. The van der Waals surface area contributed by atoms with Crippen molar-refractivity contribution in [2.24, 2.45) is 11.7 Å².